The highest BCUT2D eigenvalue weighted by molar-refractivity contribution is 5.78. The predicted octanol–water partition coefficient (Wildman–Crippen LogP) is 2.34. The number of nitrogens with one attached hydrogen (secondary N) is 1. The Morgan fingerprint density at radius 1 is 1.17 bits per heavy atom. The number of benzene rings is 2. The fourth-order valence-electron chi connectivity index (χ4n) is 1.88. The van der Waals surface area contributed by atoms with Crippen LogP contribution < -0.4 is 14.8 Å². The predicted molar refractivity (Wildman–Crippen MR) is 82.1 cm³/mol. The van der Waals surface area contributed by atoms with Crippen LogP contribution in [0.2, 0.25) is 0 Å². The molecule has 0 radical (unpaired) electrons. The molecule has 0 bridgehead atoms. The molecule has 0 spiro atoms. The summed E-state index contributed by atoms with van der Waals surface area (Å²) in [4.78, 5) is 22.6. The molecule has 0 aliphatic rings. The number of methoxy groups -OCH3 is 1. The van der Waals surface area contributed by atoms with Crippen LogP contribution in [0.1, 0.15) is 15.9 Å². The van der Waals surface area contributed by atoms with Crippen molar-refractivity contribution in [3.05, 3.63) is 59.4 Å². The highest BCUT2D eigenvalue weighted by Gasteiger charge is 2.08. The molecule has 6 heteroatoms. The van der Waals surface area contributed by atoms with Gasteiger partial charge in [-0.2, -0.15) is 0 Å². The molecule has 0 aliphatic carbocycles. The van der Waals surface area contributed by atoms with Gasteiger partial charge in [-0.25, -0.2) is 4.39 Å². The normalized spacial score (nSPS) is 10.0. The second kappa shape index (κ2) is 7.93. The minimum Gasteiger partial charge on any atom is -0.493 e. The first-order chi connectivity index (χ1) is 11.1. The van der Waals surface area contributed by atoms with Crippen LogP contribution in [0, 0.1) is 5.82 Å². The van der Waals surface area contributed by atoms with Gasteiger partial charge in [-0.15, -0.1) is 0 Å². The number of hydrogen-bond donors (Lipinski definition) is 1. The zero-order chi connectivity index (χ0) is 16.7. The molecule has 0 unspecified atom stereocenters. The van der Waals surface area contributed by atoms with E-state index in [1.165, 1.54) is 25.3 Å². The van der Waals surface area contributed by atoms with E-state index in [4.69, 9.17) is 9.47 Å². The van der Waals surface area contributed by atoms with Crippen LogP contribution >= 0.6 is 0 Å². The van der Waals surface area contributed by atoms with Crippen LogP contribution in [0.3, 0.4) is 0 Å². The molecule has 5 nitrogen and oxygen atoms in total. The van der Waals surface area contributed by atoms with Gasteiger partial charge in [0.15, 0.2) is 18.1 Å². The highest BCUT2D eigenvalue weighted by atomic mass is 19.1. The maximum atomic E-state index is 12.8. The van der Waals surface area contributed by atoms with E-state index >= 15 is 0 Å². The van der Waals surface area contributed by atoms with Crippen molar-refractivity contribution in [2.45, 2.75) is 6.54 Å². The van der Waals surface area contributed by atoms with Crippen molar-refractivity contribution in [1.29, 1.82) is 0 Å². The van der Waals surface area contributed by atoms with E-state index in [9.17, 15) is 14.0 Å². The van der Waals surface area contributed by atoms with Crippen LogP contribution in [0.4, 0.5) is 4.39 Å². The van der Waals surface area contributed by atoms with Crippen molar-refractivity contribution in [2.75, 3.05) is 13.7 Å². The summed E-state index contributed by atoms with van der Waals surface area (Å²) < 4.78 is 23.3. The maximum absolute atomic E-state index is 12.8. The summed E-state index contributed by atoms with van der Waals surface area (Å²) in [6.45, 7) is 0.0495. The third kappa shape index (κ3) is 4.81. The number of aldehydes is 1. The van der Waals surface area contributed by atoms with Gasteiger partial charge in [0, 0.05) is 12.1 Å². The monoisotopic (exact) mass is 317 g/mol. The molecule has 0 saturated carbocycles. The third-order valence-electron chi connectivity index (χ3n) is 3.09. The molecule has 0 heterocycles. The van der Waals surface area contributed by atoms with Crippen molar-refractivity contribution in [2.24, 2.45) is 0 Å². The highest BCUT2D eigenvalue weighted by Crippen LogP contribution is 2.27. The van der Waals surface area contributed by atoms with Gasteiger partial charge < -0.3 is 14.8 Å². The van der Waals surface area contributed by atoms with Gasteiger partial charge in [0.25, 0.3) is 5.91 Å². The molecule has 0 atom stereocenters. The van der Waals surface area contributed by atoms with E-state index < -0.39 is 0 Å². The summed E-state index contributed by atoms with van der Waals surface area (Å²) in [5, 5.41) is 2.66. The molecular weight excluding hydrogens is 301 g/mol. The Morgan fingerprint density at radius 3 is 2.57 bits per heavy atom. The van der Waals surface area contributed by atoms with E-state index in [1.54, 1.807) is 24.3 Å². The van der Waals surface area contributed by atoms with E-state index in [0.29, 0.717) is 23.3 Å². The van der Waals surface area contributed by atoms with Gasteiger partial charge in [-0.1, -0.05) is 12.1 Å². The number of halogens is 1. The average Bonchev–Trinajstić information content (AvgIpc) is 2.59. The summed E-state index contributed by atoms with van der Waals surface area (Å²) >= 11 is 0. The van der Waals surface area contributed by atoms with Crippen molar-refractivity contribution in [3.8, 4) is 11.5 Å². The Morgan fingerprint density at radius 2 is 1.91 bits per heavy atom. The lowest BCUT2D eigenvalue weighted by Gasteiger charge is -2.11. The number of carbonyl (C=O) groups excluding carboxylic acids is 2. The van der Waals surface area contributed by atoms with Crippen LogP contribution in [0.5, 0.6) is 11.5 Å². The molecule has 2 rings (SSSR count). The molecule has 1 N–H and O–H groups in total. The third-order valence-corrected chi connectivity index (χ3v) is 3.09. The molecule has 0 fully saturated rings. The first-order valence-corrected chi connectivity index (χ1v) is 6.89. The quantitative estimate of drug-likeness (QED) is 0.796. The molecule has 0 saturated heterocycles. The second-order valence-corrected chi connectivity index (χ2v) is 4.72. The standard InChI is InChI=1S/C17H16FNO4/c1-22-15-7-4-13(10-20)8-16(15)23-11-17(21)19-9-12-2-5-14(18)6-3-12/h2-8,10H,9,11H2,1H3,(H,19,21). The largest absolute Gasteiger partial charge is 0.493 e. The smallest absolute Gasteiger partial charge is 0.258 e. The average molecular weight is 317 g/mol. The molecule has 2 aromatic rings. The zero-order valence-electron chi connectivity index (χ0n) is 12.5. The Balaban J connectivity index is 1.88. The molecular formula is C17H16FNO4. The minimum absolute atomic E-state index is 0.222. The minimum atomic E-state index is -0.340. The molecule has 0 aliphatic heterocycles. The van der Waals surface area contributed by atoms with Crippen LogP contribution in [0.15, 0.2) is 42.5 Å². The van der Waals surface area contributed by atoms with Crippen molar-refractivity contribution in [1.82, 2.24) is 5.32 Å². The van der Waals surface area contributed by atoms with Crippen LogP contribution in [-0.4, -0.2) is 25.9 Å². The zero-order valence-corrected chi connectivity index (χ0v) is 12.5. The summed E-state index contributed by atoms with van der Waals surface area (Å²) in [6.07, 6.45) is 0.681. The summed E-state index contributed by atoms with van der Waals surface area (Å²) in [7, 11) is 1.47. The fourth-order valence-corrected chi connectivity index (χ4v) is 1.88. The van der Waals surface area contributed by atoms with E-state index in [0.717, 1.165) is 5.56 Å². The Bertz CT molecular complexity index is 685. The number of carbonyl (C=O) groups is 2. The van der Waals surface area contributed by atoms with Gasteiger partial charge >= 0.3 is 0 Å². The van der Waals surface area contributed by atoms with Crippen molar-refractivity contribution >= 4 is 12.2 Å². The summed E-state index contributed by atoms with van der Waals surface area (Å²) in [6, 6.07) is 10.5. The maximum Gasteiger partial charge on any atom is 0.258 e. The van der Waals surface area contributed by atoms with Crippen molar-refractivity contribution < 1.29 is 23.5 Å². The lowest BCUT2D eigenvalue weighted by Crippen LogP contribution is -2.28. The van der Waals surface area contributed by atoms with Gasteiger partial charge in [0.05, 0.1) is 7.11 Å². The number of hydrogen-bond acceptors (Lipinski definition) is 4. The Labute approximate surface area is 133 Å². The van der Waals surface area contributed by atoms with Gasteiger partial charge in [0.1, 0.15) is 12.1 Å². The molecule has 2 aromatic carbocycles. The van der Waals surface area contributed by atoms with Crippen LogP contribution in [-0.2, 0) is 11.3 Å². The number of ether oxygens (including phenoxy) is 2. The van der Waals surface area contributed by atoms with Crippen molar-refractivity contribution in [3.63, 3.8) is 0 Å². The van der Waals surface area contributed by atoms with E-state index in [2.05, 4.69) is 5.32 Å². The van der Waals surface area contributed by atoms with Crippen LogP contribution in [0.25, 0.3) is 0 Å². The molecule has 120 valence electrons. The number of amides is 1. The van der Waals surface area contributed by atoms with Gasteiger partial charge in [0.2, 0.25) is 0 Å². The fraction of sp³-hybridized carbons (Fsp3) is 0.176. The van der Waals surface area contributed by atoms with E-state index in [-0.39, 0.29) is 24.9 Å². The molecule has 1 amide bonds. The lowest BCUT2D eigenvalue weighted by molar-refractivity contribution is -0.123. The Kier molecular flexibility index (Phi) is 5.68. The SMILES string of the molecule is COc1ccc(C=O)cc1OCC(=O)NCc1ccc(F)cc1. The first-order valence-electron chi connectivity index (χ1n) is 6.89. The Hall–Kier alpha value is -2.89. The number of rotatable bonds is 7. The first kappa shape index (κ1) is 16.5. The van der Waals surface area contributed by atoms with Gasteiger partial charge in [-0.3, -0.25) is 9.59 Å². The lowest BCUT2D eigenvalue weighted by atomic mass is 10.2. The second-order valence-electron chi connectivity index (χ2n) is 4.72. The molecule has 0 aromatic heterocycles. The van der Waals surface area contributed by atoms with E-state index in [1.807, 2.05) is 0 Å². The summed E-state index contributed by atoms with van der Waals surface area (Å²) in [5.41, 5.74) is 1.20. The molecule has 23 heavy (non-hydrogen) atoms. The topological polar surface area (TPSA) is 64.6 Å². The van der Waals surface area contributed by atoms with Gasteiger partial charge in [-0.05, 0) is 35.9 Å². The summed E-state index contributed by atoms with van der Waals surface area (Å²) in [5.74, 6) is 0.0782.